The molecule has 0 saturated carbocycles. The monoisotopic (exact) mass is 465 g/mol. The maximum atomic E-state index is 5.58. The molecule has 0 radical (unpaired) electrons. The molecule has 0 spiro atoms. The predicted molar refractivity (Wildman–Crippen MR) is 127 cm³/mol. The Balaban J connectivity index is 1.76. The number of methoxy groups -OCH3 is 2. The van der Waals surface area contributed by atoms with Crippen molar-refractivity contribution in [3.8, 4) is 28.6 Å². The van der Waals surface area contributed by atoms with Crippen molar-refractivity contribution in [1.29, 1.82) is 0 Å². The number of ether oxygens (including phenoxy) is 2. The van der Waals surface area contributed by atoms with Gasteiger partial charge in [-0.2, -0.15) is 4.98 Å². The normalized spacial score (nSPS) is 12.5. The quantitative estimate of drug-likeness (QED) is 0.331. The van der Waals surface area contributed by atoms with Crippen LogP contribution >= 0.6 is 11.8 Å². The van der Waals surface area contributed by atoms with E-state index >= 15 is 0 Å². The van der Waals surface area contributed by atoms with E-state index in [1.165, 1.54) is 11.8 Å². The van der Waals surface area contributed by atoms with E-state index in [0.29, 0.717) is 22.7 Å². The molecule has 8 nitrogen and oxygen atoms in total. The molecule has 0 amide bonds. The number of para-hydroxylation sites is 1. The van der Waals surface area contributed by atoms with Crippen LogP contribution in [0.2, 0.25) is 0 Å². The van der Waals surface area contributed by atoms with Crippen molar-refractivity contribution >= 4 is 11.8 Å². The van der Waals surface area contributed by atoms with Crippen LogP contribution in [0.5, 0.6) is 11.5 Å². The lowest BCUT2D eigenvalue weighted by Gasteiger charge is -2.14. The van der Waals surface area contributed by atoms with Gasteiger partial charge in [-0.15, -0.1) is 10.2 Å². The van der Waals surface area contributed by atoms with Crippen LogP contribution in [0.15, 0.2) is 58.2 Å². The molecule has 2 aromatic heterocycles. The summed E-state index contributed by atoms with van der Waals surface area (Å²) >= 11 is 1.50. The SMILES string of the molecule is COc1ccc(-n2c(SC(C)c3nc(C(C)(C)C)no3)nnc2-c2ccccc2OC)cc1. The van der Waals surface area contributed by atoms with Crippen molar-refractivity contribution < 1.29 is 14.0 Å². The first-order valence-electron chi connectivity index (χ1n) is 10.6. The zero-order chi connectivity index (χ0) is 23.6. The lowest BCUT2D eigenvalue weighted by atomic mass is 9.96. The summed E-state index contributed by atoms with van der Waals surface area (Å²) in [5.41, 5.74) is 1.56. The molecule has 0 aliphatic heterocycles. The van der Waals surface area contributed by atoms with Crippen molar-refractivity contribution in [2.45, 2.75) is 43.5 Å². The number of hydrogen-bond donors (Lipinski definition) is 0. The zero-order valence-electron chi connectivity index (χ0n) is 19.6. The van der Waals surface area contributed by atoms with Gasteiger partial charge in [0.15, 0.2) is 16.8 Å². The largest absolute Gasteiger partial charge is 0.497 e. The topological polar surface area (TPSA) is 88.1 Å². The minimum atomic E-state index is -0.188. The highest BCUT2D eigenvalue weighted by molar-refractivity contribution is 7.99. The van der Waals surface area contributed by atoms with E-state index in [4.69, 9.17) is 14.0 Å². The van der Waals surface area contributed by atoms with Gasteiger partial charge >= 0.3 is 0 Å². The Morgan fingerprint density at radius 2 is 1.70 bits per heavy atom. The fourth-order valence-electron chi connectivity index (χ4n) is 3.23. The third-order valence-electron chi connectivity index (χ3n) is 5.05. The average Bonchev–Trinajstić information content (AvgIpc) is 3.47. The van der Waals surface area contributed by atoms with Crippen LogP contribution in [-0.2, 0) is 5.41 Å². The van der Waals surface area contributed by atoms with E-state index in [-0.39, 0.29) is 10.7 Å². The predicted octanol–water partition coefficient (Wildman–Crippen LogP) is 5.49. The highest BCUT2D eigenvalue weighted by atomic mass is 32.2. The molecule has 0 bridgehead atoms. The molecule has 4 rings (SSSR count). The van der Waals surface area contributed by atoms with E-state index in [1.807, 2.05) is 60.0 Å². The summed E-state index contributed by atoms with van der Waals surface area (Å²) in [6.45, 7) is 8.18. The Morgan fingerprint density at radius 3 is 2.33 bits per heavy atom. The number of hydrogen-bond acceptors (Lipinski definition) is 8. The van der Waals surface area contributed by atoms with Crippen LogP contribution < -0.4 is 9.47 Å². The summed E-state index contributed by atoms with van der Waals surface area (Å²) in [7, 11) is 3.29. The first-order valence-corrected chi connectivity index (χ1v) is 11.4. The summed E-state index contributed by atoms with van der Waals surface area (Å²) in [5.74, 6) is 3.39. The Kier molecular flexibility index (Phi) is 6.42. The Hall–Kier alpha value is -3.33. The van der Waals surface area contributed by atoms with E-state index in [2.05, 4.69) is 41.1 Å². The summed E-state index contributed by atoms with van der Waals surface area (Å²) in [6, 6.07) is 15.5. The Labute approximate surface area is 197 Å². The second-order valence-corrected chi connectivity index (χ2v) is 9.81. The van der Waals surface area contributed by atoms with Crippen LogP contribution in [0.25, 0.3) is 17.1 Å². The molecule has 0 fully saturated rings. The van der Waals surface area contributed by atoms with Crippen LogP contribution in [0, 0.1) is 0 Å². The van der Waals surface area contributed by atoms with Crippen LogP contribution in [-0.4, -0.2) is 39.1 Å². The number of nitrogens with zero attached hydrogens (tertiary/aromatic N) is 5. The van der Waals surface area contributed by atoms with Crippen molar-refractivity contribution in [3.05, 3.63) is 60.2 Å². The van der Waals surface area contributed by atoms with Gasteiger partial charge in [-0.25, -0.2) is 0 Å². The second-order valence-electron chi connectivity index (χ2n) is 8.51. The zero-order valence-corrected chi connectivity index (χ0v) is 20.4. The molecule has 0 aliphatic rings. The molecule has 0 N–H and O–H groups in total. The molecular formula is C24H27N5O3S. The number of thioether (sulfide) groups is 1. The minimum absolute atomic E-state index is 0.125. The van der Waals surface area contributed by atoms with Gasteiger partial charge in [-0.1, -0.05) is 49.8 Å². The molecule has 2 heterocycles. The van der Waals surface area contributed by atoms with Crippen molar-refractivity contribution in [2.75, 3.05) is 14.2 Å². The van der Waals surface area contributed by atoms with Gasteiger partial charge in [0.05, 0.1) is 30.7 Å². The fraction of sp³-hybridized carbons (Fsp3) is 0.333. The highest BCUT2D eigenvalue weighted by Gasteiger charge is 2.26. The maximum absolute atomic E-state index is 5.58. The fourth-order valence-corrected chi connectivity index (χ4v) is 4.13. The molecule has 0 aliphatic carbocycles. The van der Waals surface area contributed by atoms with Crippen LogP contribution in [0.3, 0.4) is 0 Å². The number of benzene rings is 2. The van der Waals surface area contributed by atoms with Gasteiger partial charge in [-0.05, 0) is 43.3 Å². The van der Waals surface area contributed by atoms with Gasteiger partial charge in [-0.3, -0.25) is 4.57 Å². The van der Waals surface area contributed by atoms with Gasteiger partial charge in [0, 0.05) is 5.41 Å². The number of aromatic nitrogens is 5. The first kappa shape index (κ1) is 22.8. The highest BCUT2D eigenvalue weighted by Crippen LogP contribution is 2.38. The second kappa shape index (κ2) is 9.27. The van der Waals surface area contributed by atoms with Crippen molar-refractivity contribution in [3.63, 3.8) is 0 Å². The molecule has 172 valence electrons. The summed E-state index contributed by atoms with van der Waals surface area (Å²) < 4.78 is 18.5. The Morgan fingerprint density at radius 1 is 0.970 bits per heavy atom. The summed E-state index contributed by atoms with van der Waals surface area (Å²) in [6.07, 6.45) is 0. The first-order chi connectivity index (χ1) is 15.8. The molecular weight excluding hydrogens is 438 g/mol. The molecule has 0 saturated heterocycles. The van der Waals surface area contributed by atoms with Gasteiger partial charge in [0.2, 0.25) is 5.89 Å². The lowest BCUT2D eigenvalue weighted by Crippen LogP contribution is -2.13. The minimum Gasteiger partial charge on any atom is -0.497 e. The lowest BCUT2D eigenvalue weighted by molar-refractivity contribution is 0.364. The Bertz CT molecular complexity index is 1230. The maximum Gasteiger partial charge on any atom is 0.239 e. The molecule has 1 atom stereocenters. The standard InChI is InChI=1S/C24H27N5O3S/c1-15(21-25-22(28-32-21)24(2,3)4)33-23-27-26-20(18-9-7-8-10-19(18)31-6)29(23)16-11-13-17(30-5)14-12-16/h7-15H,1-6H3. The third kappa shape index (κ3) is 4.73. The van der Waals surface area contributed by atoms with E-state index in [9.17, 15) is 0 Å². The van der Waals surface area contributed by atoms with E-state index < -0.39 is 0 Å². The summed E-state index contributed by atoms with van der Waals surface area (Å²) in [5, 5.41) is 13.8. The molecule has 33 heavy (non-hydrogen) atoms. The summed E-state index contributed by atoms with van der Waals surface area (Å²) in [4.78, 5) is 4.60. The average molecular weight is 466 g/mol. The van der Waals surface area contributed by atoms with Gasteiger partial charge in [0.1, 0.15) is 11.5 Å². The number of rotatable bonds is 7. The van der Waals surface area contributed by atoms with Crippen molar-refractivity contribution in [1.82, 2.24) is 24.9 Å². The van der Waals surface area contributed by atoms with E-state index in [0.717, 1.165) is 22.7 Å². The van der Waals surface area contributed by atoms with Crippen molar-refractivity contribution in [2.24, 2.45) is 0 Å². The van der Waals surface area contributed by atoms with E-state index in [1.54, 1.807) is 14.2 Å². The third-order valence-corrected chi connectivity index (χ3v) is 6.08. The smallest absolute Gasteiger partial charge is 0.239 e. The molecule has 9 heteroatoms. The molecule has 1 unspecified atom stereocenters. The molecule has 4 aromatic rings. The van der Waals surface area contributed by atoms with Crippen LogP contribution in [0.1, 0.15) is 44.7 Å². The van der Waals surface area contributed by atoms with Gasteiger partial charge in [0.25, 0.3) is 0 Å². The molecule has 2 aromatic carbocycles. The van der Waals surface area contributed by atoms with Crippen LogP contribution in [0.4, 0.5) is 0 Å². The van der Waals surface area contributed by atoms with Gasteiger partial charge < -0.3 is 14.0 Å².